The normalized spacial score (nSPS) is 23.0. The van der Waals surface area contributed by atoms with Crippen molar-refractivity contribution in [3.63, 3.8) is 0 Å². The molecule has 1 aromatic carbocycles. The van der Waals surface area contributed by atoms with Gasteiger partial charge in [-0.15, -0.1) is 11.8 Å². The summed E-state index contributed by atoms with van der Waals surface area (Å²) in [5.74, 6) is -0.473. The summed E-state index contributed by atoms with van der Waals surface area (Å²) in [7, 11) is 0. The van der Waals surface area contributed by atoms with E-state index in [1.165, 1.54) is 11.8 Å². The van der Waals surface area contributed by atoms with E-state index in [1.54, 1.807) is 12.1 Å². The van der Waals surface area contributed by atoms with Gasteiger partial charge in [0.25, 0.3) is 5.91 Å². The fourth-order valence-corrected chi connectivity index (χ4v) is 3.66. The predicted octanol–water partition coefficient (Wildman–Crippen LogP) is 1.08. The molecule has 1 aliphatic rings. The number of aliphatic carboxylic acids is 1. The molecule has 0 radical (unpaired) electrons. The van der Waals surface area contributed by atoms with Crippen LogP contribution in [0.3, 0.4) is 0 Å². The molecule has 6 nitrogen and oxygen atoms in total. The number of carboxylic acid groups (broad SMARTS) is 1. The second kappa shape index (κ2) is 7.02. The highest BCUT2D eigenvalue weighted by Crippen LogP contribution is 2.37. The van der Waals surface area contributed by atoms with Gasteiger partial charge in [-0.05, 0) is 26.0 Å². The van der Waals surface area contributed by atoms with Crippen LogP contribution in [-0.2, 0) is 9.59 Å². The summed E-state index contributed by atoms with van der Waals surface area (Å²) in [4.78, 5) is 22.9. The molecular formula is C15H20N2O4S. The van der Waals surface area contributed by atoms with Crippen LogP contribution in [0.5, 0.6) is 5.75 Å². The maximum absolute atomic E-state index is 11.8. The Kier molecular flexibility index (Phi) is 5.31. The van der Waals surface area contributed by atoms with Crippen LogP contribution in [0.25, 0.3) is 0 Å². The zero-order valence-corrected chi connectivity index (χ0v) is 13.4. The molecule has 2 rings (SSSR count). The van der Waals surface area contributed by atoms with Gasteiger partial charge in [0, 0.05) is 11.3 Å². The van der Waals surface area contributed by atoms with Crippen molar-refractivity contribution in [1.29, 1.82) is 0 Å². The Hall–Kier alpha value is -1.73. The van der Waals surface area contributed by atoms with Crippen molar-refractivity contribution in [3.05, 3.63) is 30.3 Å². The van der Waals surface area contributed by atoms with Gasteiger partial charge in [-0.25, -0.2) is 0 Å². The second-order valence-corrected chi connectivity index (χ2v) is 7.41. The van der Waals surface area contributed by atoms with Gasteiger partial charge < -0.3 is 15.2 Å². The SMILES string of the molecule is CC1(C)S[C@H](CNC(=O)COc2ccccc2)N[C@@H]1C(=O)O. The quantitative estimate of drug-likeness (QED) is 0.726. The lowest BCUT2D eigenvalue weighted by Crippen LogP contribution is -2.46. The number of rotatable bonds is 6. The summed E-state index contributed by atoms with van der Waals surface area (Å²) in [6.45, 7) is 4.05. The van der Waals surface area contributed by atoms with Gasteiger partial charge in [-0.2, -0.15) is 0 Å². The number of hydrogen-bond donors (Lipinski definition) is 3. The lowest BCUT2D eigenvalue weighted by Gasteiger charge is -2.20. The number of carboxylic acids is 1. The number of para-hydroxylation sites is 1. The van der Waals surface area contributed by atoms with E-state index in [0.29, 0.717) is 12.3 Å². The first kappa shape index (κ1) is 16.6. The van der Waals surface area contributed by atoms with Gasteiger partial charge >= 0.3 is 5.97 Å². The fraction of sp³-hybridized carbons (Fsp3) is 0.467. The van der Waals surface area contributed by atoms with Crippen LogP contribution < -0.4 is 15.4 Å². The molecule has 1 aliphatic heterocycles. The van der Waals surface area contributed by atoms with E-state index in [4.69, 9.17) is 4.74 Å². The number of nitrogens with one attached hydrogen (secondary N) is 2. The van der Waals surface area contributed by atoms with Gasteiger partial charge in [0.1, 0.15) is 11.8 Å². The third kappa shape index (κ3) is 4.38. The van der Waals surface area contributed by atoms with Gasteiger partial charge in [-0.3, -0.25) is 14.9 Å². The second-order valence-electron chi connectivity index (χ2n) is 5.55. The fourth-order valence-electron chi connectivity index (χ4n) is 2.25. The summed E-state index contributed by atoms with van der Waals surface area (Å²) in [5, 5.41) is 14.8. The molecule has 1 heterocycles. The van der Waals surface area contributed by atoms with Crippen molar-refractivity contribution in [2.75, 3.05) is 13.2 Å². The highest BCUT2D eigenvalue weighted by molar-refractivity contribution is 8.01. The lowest BCUT2D eigenvalue weighted by atomic mass is 10.0. The maximum atomic E-state index is 11.8. The van der Waals surface area contributed by atoms with Crippen molar-refractivity contribution in [3.8, 4) is 5.75 Å². The average Bonchev–Trinajstić information content (AvgIpc) is 2.79. The highest BCUT2D eigenvalue weighted by atomic mass is 32.2. The number of hydrogen-bond acceptors (Lipinski definition) is 5. The standard InChI is InChI=1S/C15H20N2O4S/c1-15(2)13(14(19)20)17-12(22-15)8-16-11(18)9-21-10-6-4-3-5-7-10/h3-7,12-13,17H,8-9H2,1-2H3,(H,16,18)(H,19,20)/t12-,13-/m1/s1. The Balaban J connectivity index is 1.74. The van der Waals surface area contributed by atoms with E-state index in [0.717, 1.165) is 0 Å². The lowest BCUT2D eigenvalue weighted by molar-refractivity contribution is -0.139. The van der Waals surface area contributed by atoms with Crippen LogP contribution in [-0.4, -0.2) is 46.3 Å². The Labute approximate surface area is 133 Å². The van der Waals surface area contributed by atoms with Crippen LogP contribution in [0.1, 0.15) is 13.8 Å². The maximum Gasteiger partial charge on any atom is 0.322 e. The highest BCUT2D eigenvalue weighted by Gasteiger charge is 2.45. The number of benzene rings is 1. The van der Waals surface area contributed by atoms with Crippen molar-refractivity contribution in [1.82, 2.24) is 10.6 Å². The van der Waals surface area contributed by atoms with E-state index < -0.39 is 16.8 Å². The molecule has 1 aromatic rings. The number of ether oxygens (including phenoxy) is 1. The van der Waals surface area contributed by atoms with E-state index in [9.17, 15) is 14.7 Å². The van der Waals surface area contributed by atoms with E-state index >= 15 is 0 Å². The molecule has 0 saturated carbocycles. The summed E-state index contributed by atoms with van der Waals surface area (Å²) in [6.07, 6.45) is 0. The van der Waals surface area contributed by atoms with Crippen LogP contribution in [0.4, 0.5) is 0 Å². The molecule has 0 spiro atoms. The molecule has 120 valence electrons. The smallest absolute Gasteiger partial charge is 0.322 e. The van der Waals surface area contributed by atoms with E-state index in [-0.39, 0.29) is 17.9 Å². The first-order chi connectivity index (χ1) is 10.4. The van der Waals surface area contributed by atoms with Crippen LogP contribution in [0.15, 0.2) is 30.3 Å². The van der Waals surface area contributed by atoms with Crippen molar-refractivity contribution in [2.45, 2.75) is 30.0 Å². The van der Waals surface area contributed by atoms with Gasteiger partial charge in [0.05, 0.1) is 5.37 Å². The van der Waals surface area contributed by atoms with Crippen molar-refractivity contribution < 1.29 is 19.4 Å². The summed E-state index contributed by atoms with van der Waals surface area (Å²) >= 11 is 1.51. The number of carbonyl (C=O) groups excluding carboxylic acids is 1. The number of thioether (sulfide) groups is 1. The Bertz CT molecular complexity index is 536. The van der Waals surface area contributed by atoms with Gasteiger partial charge in [0.15, 0.2) is 6.61 Å². The first-order valence-corrected chi connectivity index (χ1v) is 7.87. The van der Waals surface area contributed by atoms with Gasteiger partial charge in [0.2, 0.25) is 0 Å². The molecule has 1 saturated heterocycles. The molecule has 2 atom stereocenters. The minimum absolute atomic E-state index is 0.0623. The topological polar surface area (TPSA) is 87.7 Å². The molecule has 0 unspecified atom stereocenters. The Morgan fingerprint density at radius 1 is 1.36 bits per heavy atom. The zero-order valence-electron chi connectivity index (χ0n) is 12.5. The average molecular weight is 324 g/mol. The Morgan fingerprint density at radius 3 is 2.64 bits per heavy atom. The molecule has 22 heavy (non-hydrogen) atoms. The number of amides is 1. The van der Waals surface area contributed by atoms with Crippen molar-refractivity contribution >= 4 is 23.6 Å². The minimum Gasteiger partial charge on any atom is -0.484 e. The predicted molar refractivity (Wildman–Crippen MR) is 85.0 cm³/mol. The molecule has 0 aliphatic carbocycles. The molecule has 7 heteroatoms. The van der Waals surface area contributed by atoms with Crippen LogP contribution >= 0.6 is 11.8 Å². The number of carbonyl (C=O) groups is 2. The molecule has 0 aromatic heterocycles. The molecule has 3 N–H and O–H groups in total. The molecule has 0 bridgehead atoms. The molecular weight excluding hydrogens is 304 g/mol. The summed E-state index contributed by atoms with van der Waals surface area (Å²) < 4.78 is 4.93. The zero-order chi connectivity index (χ0) is 16.2. The third-order valence-corrected chi connectivity index (χ3v) is 4.77. The molecule has 1 fully saturated rings. The van der Waals surface area contributed by atoms with Crippen LogP contribution in [0, 0.1) is 0 Å². The van der Waals surface area contributed by atoms with E-state index in [1.807, 2.05) is 32.0 Å². The first-order valence-electron chi connectivity index (χ1n) is 7.00. The summed E-state index contributed by atoms with van der Waals surface area (Å²) in [5.41, 5.74) is 0. The summed E-state index contributed by atoms with van der Waals surface area (Å²) in [6, 6.07) is 8.47. The monoisotopic (exact) mass is 324 g/mol. The van der Waals surface area contributed by atoms with E-state index in [2.05, 4.69) is 10.6 Å². The van der Waals surface area contributed by atoms with Crippen LogP contribution in [0.2, 0.25) is 0 Å². The van der Waals surface area contributed by atoms with Crippen molar-refractivity contribution in [2.24, 2.45) is 0 Å². The van der Waals surface area contributed by atoms with Gasteiger partial charge in [-0.1, -0.05) is 18.2 Å². The molecule has 1 amide bonds. The third-order valence-electron chi connectivity index (χ3n) is 3.34. The largest absolute Gasteiger partial charge is 0.484 e. The minimum atomic E-state index is -0.876. The Morgan fingerprint density at radius 2 is 2.05 bits per heavy atom.